The fourth-order valence-electron chi connectivity index (χ4n) is 2.50. The highest BCUT2D eigenvalue weighted by atomic mass is 31.1. The molecule has 1 N–H and O–H groups in total. The van der Waals surface area contributed by atoms with Crippen molar-refractivity contribution in [1.82, 2.24) is 5.09 Å². The second-order valence-electron chi connectivity index (χ2n) is 5.14. The van der Waals surface area contributed by atoms with Crippen LogP contribution < -0.4 is 15.7 Å². The second kappa shape index (κ2) is 7.36. The van der Waals surface area contributed by atoms with Crippen LogP contribution in [0.3, 0.4) is 0 Å². The Hall–Kier alpha value is -1.69. The molecule has 0 fully saturated rings. The first-order valence-corrected chi connectivity index (χ1v) is 8.76. The number of benzene rings is 2. The fraction of sp³-hybridized carbons (Fsp3) is 0.158. The lowest BCUT2D eigenvalue weighted by atomic mass is 10.1. The summed E-state index contributed by atoms with van der Waals surface area (Å²) in [6.07, 6.45) is 9.99. The zero-order valence-corrected chi connectivity index (χ0v) is 12.9. The Morgan fingerprint density at radius 2 is 1.29 bits per heavy atom. The summed E-state index contributed by atoms with van der Waals surface area (Å²) in [7, 11) is -0.469. The number of hydrogen-bond acceptors (Lipinski definition) is 1. The van der Waals surface area contributed by atoms with Crippen molar-refractivity contribution in [2.75, 3.05) is 6.54 Å². The standard InChI is InChI=1S/C19H20NP/c1-3-11-18(12-4-1)21(19-13-5-2-6-14-19)20-16-15-17-9-7-8-10-17/h1-14,17,20H,15-16H2. The topological polar surface area (TPSA) is 12.0 Å². The van der Waals surface area contributed by atoms with E-state index in [-0.39, 0.29) is 0 Å². The Kier molecular flexibility index (Phi) is 4.99. The van der Waals surface area contributed by atoms with Gasteiger partial charge in [-0.25, -0.2) is 0 Å². The van der Waals surface area contributed by atoms with Crippen LogP contribution in [0.1, 0.15) is 6.42 Å². The van der Waals surface area contributed by atoms with Gasteiger partial charge >= 0.3 is 0 Å². The molecule has 0 spiro atoms. The monoisotopic (exact) mass is 293 g/mol. The minimum atomic E-state index is -0.469. The van der Waals surface area contributed by atoms with E-state index in [1.165, 1.54) is 10.6 Å². The molecule has 0 radical (unpaired) electrons. The highest BCUT2D eigenvalue weighted by Crippen LogP contribution is 2.28. The van der Waals surface area contributed by atoms with E-state index in [1.54, 1.807) is 0 Å². The third kappa shape index (κ3) is 3.91. The Morgan fingerprint density at radius 3 is 1.81 bits per heavy atom. The minimum absolute atomic E-state index is 0.469. The van der Waals surface area contributed by atoms with Crippen LogP contribution in [0.2, 0.25) is 0 Å². The normalized spacial score (nSPS) is 14.1. The molecular formula is C19H20NP. The van der Waals surface area contributed by atoms with E-state index < -0.39 is 8.07 Å². The van der Waals surface area contributed by atoms with Gasteiger partial charge in [0.15, 0.2) is 0 Å². The zero-order valence-electron chi connectivity index (χ0n) is 12.0. The lowest BCUT2D eigenvalue weighted by Crippen LogP contribution is -2.24. The molecule has 0 saturated carbocycles. The van der Waals surface area contributed by atoms with Crippen LogP contribution in [0.4, 0.5) is 0 Å². The highest BCUT2D eigenvalue weighted by molar-refractivity contribution is 7.71. The van der Waals surface area contributed by atoms with Gasteiger partial charge < -0.3 is 0 Å². The maximum Gasteiger partial charge on any atom is 0.0253 e. The van der Waals surface area contributed by atoms with Crippen LogP contribution >= 0.6 is 8.07 Å². The molecule has 0 unspecified atom stereocenters. The van der Waals surface area contributed by atoms with Gasteiger partial charge in [0, 0.05) is 14.6 Å². The van der Waals surface area contributed by atoms with Crippen molar-refractivity contribution < 1.29 is 0 Å². The summed E-state index contributed by atoms with van der Waals surface area (Å²) in [6, 6.07) is 21.5. The Bertz CT molecular complexity index is 552. The minimum Gasteiger partial charge on any atom is -0.289 e. The smallest absolute Gasteiger partial charge is 0.0253 e. The molecular weight excluding hydrogens is 273 g/mol. The molecule has 0 aliphatic heterocycles. The van der Waals surface area contributed by atoms with Crippen LogP contribution in [0.15, 0.2) is 85.0 Å². The molecule has 0 atom stereocenters. The van der Waals surface area contributed by atoms with Gasteiger partial charge in [0.05, 0.1) is 0 Å². The fourth-order valence-corrected chi connectivity index (χ4v) is 4.46. The molecule has 106 valence electrons. The molecule has 1 nitrogen and oxygen atoms in total. The van der Waals surface area contributed by atoms with Gasteiger partial charge in [0.1, 0.15) is 0 Å². The van der Waals surface area contributed by atoms with Crippen molar-refractivity contribution in [3.05, 3.63) is 85.0 Å². The first-order chi connectivity index (χ1) is 10.4. The number of rotatable bonds is 6. The first kappa shape index (κ1) is 14.3. The number of allylic oxidation sites excluding steroid dienone is 4. The van der Waals surface area contributed by atoms with Crippen LogP contribution in [0.5, 0.6) is 0 Å². The molecule has 0 heterocycles. The van der Waals surface area contributed by atoms with Crippen molar-refractivity contribution >= 4 is 18.7 Å². The van der Waals surface area contributed by atoms with Crippen molar-refractivity contribution in [3.8, 4) is 0 Å². The number of hydrogen-bond donors (Lipinski definition) is 1. The number of nitrogens with one attached hydrogen (secondary N) is 1. The maximum absolute atomic E-state index is 3.78. The van der Waals surface area contributed by atoms with E-state index in [1.807, 2.05) is 0 Å². The van der Waals surface area contributed by atoms with Gasteiger partial charge in [0.2, 0.25) is 0 Å². The lowest BCUT2D eigenvalue weighted by molar-refractivity contribution is 0.703. The van der Waals surface area contributed by atoms with Gasteiger partial charge in [-0.15, -0.1) is 0 Å². The van der Waals surface area contributed by atoms with Gasteiger partial charge in [-0.3, -0.25) is 5.09 Å². The van der Waals surface area contributed by atoms with E-state index in [9.17, 15) is 0 Å². The second-order valence-corrected chi connectivity index (χ2v) is 7.16. The van der Waals surface area contributed by atoms with Crippen molar-refractivity contribution in [2.24, 2.45) is 5.92 Å². The van der Waals surface area contributed by atoms with Gasteiger partial charge in [-0.05, 0) is 22.9 Å². The summed E-state index contributed by atoms with van der Waals surface area (Å²) >= 11 is 0. The van der Waals surface area contributed by atoms with Crippen molar-refractivity contribution in [2.45, 2.75) is 6.42 Å². The third-order valence-corrected chi connectivity index (χ3v) is 5.77. The molecule has 0 bridgehead atoms. The van der Waals surface area contributed by atoms with Gasteiger partial charge in [0.25, 0.3) is 0 Å². The largest absolute Gasteiger partial charge is 0.289 e. The van der Waals surface area contributed by atoms with E-state index >= 15 is 0 Å². The van der Waals surface area contributed by atoms with E-state index in [0.717, 1.165) is 13.0 Å². The summed E-state index contributed by atoms with van der Waals surface area (Å²) in [6.45, 7) is 1.04. The predicted octanol–water partition coefficient (Wildman–Crippen LogP) is 3.76. The van der Waals surface area contributed by atoms with Crippen LogP contribution in [0.25, 0.3) is 0 Å². The quantitative estimate of drug-likeness (QED) is 0.800. The molecule has 0 amide bonds. The highest BCUT2D eigenvalue weighted by Gasteiger charge is 2.13. The average Bonchev–Trinajstić information content (AvgIpc) is 3.07. The molecule has 1 aliphatic rings. The molecule has 2 aromatic carbocycles. The molecule has 2 aromatic rings. The van der Waals surface area contributed by atoms with Crippen LogP contribution in [-0.2, 0) is 0 Å². The van der Waals surface area contributed by atoms with Crippen LogP contribution in [-0.4, -0.2) is 6.54 Å². The van der Waals surface area contributed by atoms with E-state index in [4.69, 9.17) is 0 Å². The first-order valence-electron chi connectivity index (χ1n) is 7.42. The summed E-state index contributed by atoms with van der Waals surface area (Å²) < 4.78 is 0. The third-order valence-electron chi connectivity index (χ3n) is 3.60. The predicted molar refractivity (Wildman–Crippen MR) is 93.5 cm³/mol. The SMILES string of the molecule is C1=CC(CCNP(c2ccccc2)c2ccccc2)C=C1. The Labute approximate surface area is 128 Å². The van der Waals surface area contributed by atoms with Gasteiger partial charge in [-0.2, -0.15) is 0 Å². The maximum atomic E-state index is 3.78. The van der Waals surface area contributed by atoms with Gasteiger partial charge in [-0.1, -0.05) is 85.0 Å². The molecule has 0 saturated heterocycles. The zero-order chi connectivity index (χ0) is 14.3. The summed E-state index contributed by atoms with van der Waals surface area (Å²) in [5, 5.41) is 6.55. The summed E-state index contributed by atoms with van der Waals surface area (Å²) in [4.78, 5) is 0. The van der Waals surface area contributed by atoms with E-state index in [2.05, 4.69) is 90.1 Å². The lowest BCUT2D eigenvalue weighted by Gasteiger charge is -2.20. The molecule has 21 heavy (non-hydrogen) atoms. The van der Waals surface area contributed by atoms with Crippen molar-refractivity contribution in [1.29, 1.82) is 0 Å². The summed E-state index contributed by atoms with van der Waals surface area (Å²) in [5.41, 5.74) is 0. The van der Waals surface area contributed by atoms with Crippen molar-refractivity contribution in [3.63, 3.8) is 0 Å². The molecule has 3 rings (SSSR count). The average molecular weight is 293 g/mol. The Morgan fingerprint density at radius 1 is 0.762 bits per heavy atom. The van der Waals surface area contributed by atoms with E-state index in [0.29, 0.717) is 5.92 Å². The molecule has 2 heteroatoms. The summed E-state index contributed by atoms with van der Waals surface area (Å²) in [5.74, 6) is 0.598. The van der Waals surface area contributed by atoms with Crippen LogP contribution in [0, 0.1) is 5.92 Å². The molecule has 0 aromatic heterocycles. The Balaban J connectivity index is 1.70. The molecule has 1 aliphatic carbocycles.